The van der Waals surface area contributed by atoms with Crippen LogP contribution in [0.2, 0.25) is 10.0 Å². The van der Waals surface area contributed by atoms with Crippen LogP contribution < -0.4 is 5.32 Å². The Morgan fingerprint density at radius 2 is 1.62 bits per heavy atom. The van der Waals surface area contributed by atoms with E-state index < -0.39 is 11.6 Å². The summed E-state index contributed by atoms with van der Waals surface area (Å²) in [6.45, 7) is 7.74. The molecule has 29 heavy (non-hydrogen) atoms. The van der Waals surface area contributed by atoms with Crippen molar-refractivity contribution in [2.75, 3.05) is 0 Å². The number of nitrogens with one attached hydrogen (secondary N) is 1. The first-order valence-electron chi connectivity index (χ1n) is 9.27. The van der Waals surface area contributed by atoms with Crippen molar-refractivity contribution in [2.24, 2.45) is 0 Å². The second-order valence-electron chi connectivity index (χ2n) is 7.94. The lowest BCUT2D eigenvalue weighted by Gasteiger charge is -2.31. The number of hydrogen-bond donors (Lipinski definition) is 1. The molecule has 0 bridgehead atoms. The number of carbonyl (C=O) groups is 2. The molecule has 4 nitrogen and oxygen atoms in total. The van der Waals surface area contributed by atoms with Gasteiger partial charge in [-0.15, -0.1) is 0 Å². The molecule has 0 heterocycles. The average molecular weight is 500 g/mol. The zero-order chi connectivity index (χ0) is 21.8. The summed E-state index contributed by atoms with van der Waals surface area (Å²) in [6, 6.07) is 12.1. The van der Waals surface area contributed by atoms with E-state index >= 15 is 0 Å². The molecule has 2 amide bonds. The summed E-state index contributed by atoms with van der Waals surface area (Å²) in [5.74, 6) is -0.437. The predicted octanol–water partition coefficient (Wildman–Crippen LogP) is 5.63. The van der Waals surface area contributed by atoms with Gasteiger partial charge >= 0.3 is 0 Å². The molecule has 0 aliphatic carbocycles. The van der Waals surface area contributed by atoms with Crippen LogP contribution in [0.15, 0.2) is 46.9 Å². The quantitative estimate of drug-likeness (QED) is 0.559. The van der Waals surface area contributed by atoms with E-state index in [0.29, 0.717) is 22.2 Å². The molecule has 1 N–H and O–H groups in total. The molecule has 0 aromatic heterocycles. The summed E-state index contributed by atoms with van der Waals surface area (Å²) >= 11 is 15.9. The van der Waals surface area contributed by atoms with Crippen molar-refractivity contribution in [1.82, 2.24) is 10.2 Å². The van der Waals surface area contributed by atoms with Crippen LogP contribution in [0, 0.1) is 0 Å². The van der Waals surface area contributed by atoms with E-state index in [1.165, 1.54) is 0 Å². The van der Waals surface area contributed by atoms with Crippen LogP contribution in [0.4, 0.5) is 0 Å². The first-order valence-corrected chi connectivity index (χ1v) is 10.8. The Balaban J connectivity index is 2.30. The number of benzene rings is 2. The second kappa shape index (κ2) is 9.96. The molecule has 1 unspecified atom stereocenters. The lowest BCUT2D eigenvalue weighted by molar-refractivity contribution is -0.140. The summed E-state index contributed by atoms with van der Waals surface area (Å²) in [5.41, 5.74) is 1.08. The van der Waals surface area contributed by atoms with Gasteiger partial charge in [0.05, 0.1) is 6.42 Å². The standard InChI is InChI=1S/C22H25BrCl2N2O2/c1-14(21(29)26-22(2,3)4)27(13-15-8-10-16(23)11-9-15)20(28)12-17-18(24)6-5-7-19(17)25/h5-11,14H,12-13H2,1-4H3,(H,26,29). The van der Waals surface area contributed by atoms with E-state index in [-0.39, 0.29) is 18.2 Å². The van der Waals surface area contributed by atoms with Crippen LogP contribution in [0.25, 0.3) is 0 Å². The fourth-order valence-electron chi connectivity index (χ4n) is 2.80. The van der Waals surface area contributed by atoms with Gasteiger partial charge in [0.15, 0.2) is 0 Å². The Morgan fingerprint density at radius 3 is 2.14 bits per heavy atom. The summed E-state index contributed by atoms with van der Waals surface area (Å²) in [4.78, 5) is 27.5. The molecule has 0 fully saturated rings. The molecule has 0 aliphatic heterocycles. The number of carbonyl (C=O) groups excluding carboxylic acids is 2. The molecule has 156 valence electrons. The zero-order valence-electron chi connectivity index (χ0n) is 16.9. The van der Waals surface area contributed by atoms with Gasteiger partial charge in [-0.3, -0.25) is 9.59 Å². The zero-order valence-corrected chi connectivity index (χ0v) is 20.0. The van der Waals surface area contributed by atoms with Crippen LogP contribution in [0.1, 0.15) is 38.8 Å². The summed E-state index contributed by atoms with van der Waals surface area (Å²) in [7, 11) is 0. The highest BCUT2D eigenvalue weighted by molar-refractivity contribution is 9.10. The molecular formula is C22H25BrCl2N2O2. The minimum atomic E-state index is -0.661. The van der Waals surface area contributed by atoms with Crippen molar-refractivity contribution in [3.8, 4) is 0 Å². The maximum Gasteiger partial charge on any atom is 0.242 e. The third-order valence-electron chi connectivity index (χ3n) is 4.32. The van der Waals surface area contributed by atoms with Crippen molar-refractivity contribution < 1.29 is 9.59 Å². The lowest BCUT2D eigenvalue weighted by atomic mass is 10.1. The molecule has 0 saturated heterocycles. The van der Waals surface area contributed by atoms with E-state index in [4.69, 9.17) is 23.2 Å². The van der Waals surface area contributed by atoms with Gasteiger partial charge in [-0.05, 0) is 63.1 Å². The van der Waals surface area contributed by atoms with E-state index in [1.807, 2.05) is 45.0 Å². The minimum Gasteiger partial charge on any atom is -0.350 e. The largest absolute Gasteiger partial charge is 0.350 e. The average Bonchev–Trinajstić information content (AvgIpc) is 2.62. The van der Waals surface area contributed by atoms with Crippen molar-refractivity contribution in [1.29, 1.82) is 0 Å². The van der Waals surface area contributed by atoms with Gasteiger partial charge in [-0.1, -0.05) is 57.3 Å². The first kappa shape index (κ1) is 23.7. The van der Waals surface area contributed by atoms with Crippen molar-refractivity contribution in [3.05, 3.63) is 68.1 Å². The highest BCUT2D eigenvalue weighted by Gasteiger charge is 2.29. The van der Waals surface area contributed by atoms with Gasteiger partial charge < -0.3 is 10.2 Å². The van der Waals surface area contributed by atoms with Gasteiger partial charge in [-0.25, -0.2) is 0 Å². The molecule has 1 atom stereocenters. The molecule has 0 radical (unpaired) electrons. The lowest BCUT2D eigenvalue weighted by Crippen LogP contribution is -2.52. The van der Waals surface area contributed by atoms with Gasteiger partial charge in [0.25, 0.3) is 0 Å². The molecule has 2 aromatic carbocycles. The van der Waals surface area contributed by atoms with Crippen LogP contribution in [-0.2, 0) is 22.6 Å². The molecule has 0 aliphatic rings. The topological polar surface area (TPSA) is 49.4 Å². The highest BCUT2D eigenvalue weighted by Crippen LogP contribution is 2.26. The third kappa shape index (κ3) is 7.02. The Hall–Kier alpha value is -1.56. The Kier molecular flexibility index (Phi) is 8.15. The van der Waals surface area contributed by atoms with Crippen LogP contribution in [0.5, 0.6) is 0 Å². The second-order valence-corrected chi connectivity index (χ2v) is 9.67. The fraction of sp³-hybridized carbons (Fsp3) is 0.364. The number of amides is 2. The molecule has 0 spiro atoms. The molecule has 7 heteroatoms. The number of hydrogen-bond acceptors (Lipinski definition) is 2. The Morgan fingerprint density at radius 1 is 1.07 bits per heavy atom. The van der Waals surface area contributed by atoms with E-state index in [0.717, 1.165) is 10.0 Å². The van der Waals surface area contributed by atoms with Crippen molar-refractivity contribution in [2.45, 2.75) is 52.2 Å². The van der Waals surface area contributed by atoms with Gasteiger partial charge in [0, 0.05) is 26.6 Å². The normalized spacial score (nSPS) is 12.4. The minimum absolute atomic E-state index is 0.0160. The predicted molar refractivity (Wildman–Crippen MR) is 122 cm³/mol. The Labute approximate surface area is 190 Å². The third-order valence-corrected chi connectivity index (χ3v) is 5.56. The monoisotopic (exact) mass is 498 g/mol. The van der Waals surface area contributed by atoms with E-state index in [1.54, 1.807) is 30.0 Å². The Bertz CT molecular complexity index is 859. The first-order chi connectivity index (χ1) is 13.5. The smallest absolute Gasteiger partial charge is 0.242 e. The molecule has 0 saturated carbocycles. The number of halogens is 3. The van der Waals surface area contributed by atoms with Gasteiger partial charge in [-0.2, -0.15) is 0 Å². The molecule has 2 aromatic rings. The fourth-order valence-corrected chi connectivity index (χ4v) is 3.59. The number of rotatable bonds is 6. The maximum absolute atomic E-state index is 13.2. The van der Waals surface area contributed by atoms with Crippen molar-refractivity contribution >= 4 is 50.9 Å². The van der Waals surface area contributed by atoms with Gasteiger partial charge in [0.1, 0.15) is 6.04 Å². The summed E-state index contributed by atoms with van der Waals surface area (Å²) < 4.78 is 0.945. The molecular weight excluding hydrogens is 475 g/mol. The van der Waals surface area contributed by atoms with Crippen LogP contribution in [0.3, 0.4) is 0 Å². The van der Waals surface area contributed by atoms with E-state index in [9.17, 15) is 9.59 Å². The van der Waals surface area contributed by atoms with Gasteiger partial charge in [0.2, 0.25) is 11.8 Å². The van der Waals surface area contributed by atoms with E-state index in [2.05, 4.69) is 21.2 Å². The number of nitrogens with zero attached hydrogens (tertiary/aromatic N) is 1. The van der Waals surface area contributed by atoms with Crippen LogP contribution >= 0.6 is 39.1 Å². The maximum atomic E-state index is 13.2. The highest BCUT2D eigenvalue weighted by atomic mass is 79.9. The SMILES string of the molecule is CC(C(=O)NC(C)(C)C)N(Cc1ccc(Br)cc1)C(=O)Cc1c(Cl)cccc1Cl. The molecule has 2 rings (SSSR count). The summed E-state index contributed by atoms with van der Waals surface area (Å²) in [5, 5.41) is 3.81. The van der Waals surface area contributed by atoms with Crippen LogP contribution in [-0.4, -0.2) is 28.3 Å². The summed E-state index contributed by atoms with van der Waals surface area (Å²) in [6.07, 6.45) is 0.0160. The van der Waals surface area contributed by atoms with Crippen molar-refractivity contribution in [3.63, 3.8) is 0 Å².